The van der Waals surface area contributed by atoms with Crippen LogP contribution in [-0.4, -0.2) is 50.4 Å². The summed E-state index contributed by atoms with van der Waals surface area (Å²) in [5.41, 5.74) is 6.18. The molecule has 0 aromatic heterocycles. The first-order valence-electron chi connectivity index (χ1n) is 12.7. The average molecular weight is 485 g/mol. The van der Waals surface area contributed by atoms with Gasteiger partial charge in [0.1, 0.15) is 0 Å². The van der Waals surface area contributed by atoms with Gasteiger partial charge >= 0.3 is 11.8 Å². The molecular formula is C30H36N4O2. The monoisotopic (exact) mass is 484 g/mol. The fraction of sp³-hybridized carbons (Fsp3) is 0.333. The third-order valence-corrected chi connectivity index (χ3v) is 6.83. The van der Waals surface area contributed by atoms with Crippen molar-refractivity contribution in [2.24, 2.45) is 0 Å². The molecule has 0 aliphatic carbocycles. The van der Waals surface area contributed by atoms with E-state index in [9.17, 15) is 9.59 Å². The summed E-state index contributed by atoms with van der Waals surface area (Å²) >= 11 is 0. The Morgan fingerprint density at radius 3 is 2.25 bits per heavy atom. The lowest BCUT2D eigenvalue weighted by atomic mass is 9.96. The van der Waals surface area contributed by atoms with Crippen LogP contribution in [0.5, 0.6) is 0 Å². The van der Waals surface area contributed by atoms with Crippen LogP contribution >= 0.6 is 0 Å². The fourth-order valence-corrected chi connectivity index (χ4v) is 4.73. The number of amides is 2. The average Bonchev–Trinajstić information content (AvgIpc) is 2.91. The smallest absolute Gasteiger partial charge is 0.309 e. The van der Waals surface area contributed by atoms with Crippen LogP contribution in [0.25, 0.3) is 0 Å². The molecule has 0 bridgehead atoms. The predicted octanol–water partition coefficient (Wildman–Crippen LogP) is 3.72. The van der Waals surface area contributed by atoms with Gasteiger partial charge < -0.3 is 15.5 Å². The van der Waals surface area contributed by atoms with Gasteiger partial charge in [0.25, 0.3) is 0 Å². The van der Waals surface area contributed by atoms with E-state index in [1.165, 1.54) is 16.7 Å². The molecule has 0 spiro atoms. The number of rotatable bonds is 9. The third kappa shape index (κ3) is 6.73. The number of aryl methyl sites for hydroxylation is 1. The van der Waals surface area contributed by atoms with Crippen molar-refractivity contribution in [2.45, 2.75) is 31.8 Å². The van der Waals surface area contributed by atoms with Crippen molar-refractivity contribution in [3.8, 4) is 0 Å². The minimum absolute atomic E-state index is 0.0237. The third-order valence-electron chi connectivity index (χ3n) is 6.83. The maximum Gasteiger partial charge on any atom is 0.309 e. The first-order chi connectivity index (χ1) is 17.5. The predicted molar refractivity (Wildman–Crippen MR) is 145 cm³/mol. The molecule has 0 radical (unpaired) electrons. The number of benzene rings is 3. The number of carbonyl (C=O) groups is 2. The molecule has 188 valence electrons. The molecule has 3 aromatic rings. The summed E-state index contributed by atoms with van der Waals surface area (Å²) in [6.07, 6.45) is 2.62. The standard InChI is InChI=1S/C30H36N4O2/c1-33(2)27-16-14-25(15-17-27)28(34-20-18-24-12-6-7-13-26(24)22-34)21-32-30(36)29(35)31-19-8-11-23-9-4-3-5-10-23/h3-7,9-10,12-17,28H,8,11,18-22H2,1-2H3,(H,31,35)(H,32,36). The SMILES string of the molecule is CN(C)c1ccc(C(CNC(=O)C(=O)NCCCc2ccccc2)N2CCc3ccccc3C2)cc1. The largest absolute Gasteiger partial charge is 0.378 e. The number of nitrogens with one attached hydrogen (secondary N) is 2. The van der Waals surface area contributed by atoms with Gasteiger partial charge in [0.15, 0.2) is 0 Å². The van der Waals surface area contributed by atoms with Gasteiger partial charge in [0, 0.05) is 46.0 Å². The minimum atomic E-state index is -0.581. The van der Waals surface area contributed by atoms with E-state index in [0.29, 0.717) is 13.1 Å². The van der Waals surface area contributed by atoms with Gasteiger partial charge in [-0.1, -0.05) is 66.7 Å². The van der Waals surface area contributed by atoms with Crippen LogP contribution in [0.3, 0.4) is 0 Å². The van der Waals surface area contributed by atoms with Gasteiger partial charge in [-0.05, 0) is 53.6 Å². The molecule has 3 aromatic carbocycles. The molecule has 0 saturated carbocycles. The van der Waals surface area contributed by atoms with E-state index in [4.69, 9.17) is 0 Å². The Balaban J connectivity index is 1.36. The van der Waals surface area contributed by atoms with Gasteiger partial charge in [-0.3, -0.25) is 14.5 Å². The zero-order valence-corrected chi connectivity index (χ0v) is 21.2. The summed E-state index contributed by atoms with van der Waals surface area (Å²) in [6.45, 7) is 2.57. The molecule has 36 heavy (non-hydrogen) atoms. The van der Waals surface area contributed by atoms with E-state index in [1.807, 2.05) is 32.3 Å². The Labute approximate surface area is 214 Å². The molecule has 2 amide bonds. The van der Waals surface area contributed by atoms with Crippen LogP contribution in [-0.2, 0) is 29.0 Å². The summed E-state index contributed by atoms with van der Waals surface area (Å²) < 4.78 is 0. The molecule has 4 rings (SSSR count). The Morgan fingerprint density at radius 2 is 1.53 bits per heavy atom. The first kappa shape index (κ1) is 25.5. The summed E-state index contributed by atoms with van der Waals surface area (Å²) in [5.74, 6) is -1.16. The summed E-state index contributed by atoms with van der Waals surface area (Å²) in [7, 11) is 4.04. The molecular weight excluding hydrogens is 448 g/mol. The maximum absolute atomic E-state index is 12.6. The quantitative estimate of drug-likeness (QED) is 0.359. The Bertz CT molecular complexity index is 1150. The van der Waals surface area contributed by atoms with Crippen LogP contribution < -0.4 is 15.5 Å². The highest BCUT2D eigenvalue weighted by Gasteiger charge is 2.26. The van der Waals surface area contributed by atoms with E-state index >= 15 is 0 Å². The first-order valence-corrected chi connectivity index (χ1v) is 12.7. The summed E-state index contributed by atoms with van der Waals surface area (Å²) in [6, 6.07) is 27.1. The minimum Gasteiger partial charge on any atom is -0.378 e. The van der Waals surface area contributed by atoms with E-state index in [1.54, 1.807) is 0 Å². The highest BCUT2D eigenvalue weighted by atomic mass is 16.2. The number of hydrogen-bond acceptors (Lipinski definition) is 4. The Kier molecular flexibility index (Phi) is 8.74. The molecule has 1 unspecified atom stereocenters. The van der Waals surface area contributed by atoms with Crippen molar-refractivity contribution in [1.82, 2.24) is 15.5 Å². The summed E-state index contributed by atoms with van der Waals surface area (Å²) in [5, 5.41) is 5.65. The second-order valence-corrected chi connectivity index (χ2v) is 9.55. The molecule has 0 fully saturated rings. The molecule has 1 atom stereocenters. The van der Waals surface area contributed by atoms with Crippen LogP contribution in [0.2, 0.25) is 0 Å². The van der Waals surface area contributed by atoms with Crippen LogP contribution in [0.1, 0.15) is 34.7 Å². The van der Waals surface area contributed by atoms with Crippen LogP contribution in [0, 0.1) is 0 Å². The maximum atomic E-state index is 12.6. The lowest BCUT2D eigenvalue weighted by molar-refractivity contribution is -0.139. The van der Waals surface area contributed by atoms with Crippen LogP contribution in [0.4, 0.5) is 5.69 Å². The van der Waals surface area contributed by atoms with Crippen molar-refractivity contribution >= 4 is 17.5 Å². The van der Waals surface area contributed by atoms with Crippen molar-refractivity contribution in [1.29, 1.82) is 0 Å². The Morgan fingerprint density at radius 1 is 0.861 bits per heavy atom. The zero-order chi connectivity index (χ0) is 25.3. The van der Waals surface area contributed by atoms with Crippen molar-refractivity contribution in [3.05, 3.63) is 101 Å². The van der Waals surface area contributed by atoms with E-state index in [2.05, 4.69) is 81.1 Å². The molecule has 6 heteroatoms. The zero-order valence-electron chi connectivity index (χ0n) is 21.2. The number of nitrogens with zero attached hydrogens (tertiary/aromatic N) is 2. The van der Waals surface area contributed by atoms with Crippen molar-refractivity contribution < 1.29 is 9.59 Å². The molecule has 2 N–H and O–H groups in total. The number of hydrogen-bond donors (Lipinski definition) is 2. The second kappa shape index (κ2) is 12.4. The van der Waals surface area contributed by atoms with Gasteiger partial charge in [0.2, 0.25) is 0 Å². The number of carbonyl (C=O) groups excluding carboxylic acids is 2. The molecule has 1 heterocycles. The van der Waals surface area contributed by atoms with Gasteiger partial charge in [-0.25, -0.2) is 0 Å². The van der Waals surface area contributed by atoms with E-state index in [-0.39, 0.29) is 6.04 Å². The second-order valence-electron chi connectivity index (χ2n) is 9.55. The lowest BCUT2D eigenvalue weighted by Gasteiger charge is -2.36. The number of fused-ring (bicyclic) bond motifs is 1. The fourth-order valence-electron chi connectivity index (χ4n) is 4.73. The lowest BCUT2D eigenvalue weighted by Crippen LogP contribution is -2.45. The van der Waals surface area contributed by atoms with Gasteiger partial charge in [0.05, 0.1) is 6.04 Å². The van der Waals surface area contributed by atoms with Crippen LogP contribution in [0.15, 0.2) is 78.9 Å². The number of anilines is 1. The molecule has 6 nitrogen and oxygen atoms in total. The Hall–Kier alpha value is -3.64. The summed E-state index contributed by atoms with van der Waals surface area (Å²) in [4.78, 5) is 29.5. The van der Waals surface area contributed by atoms with Gasteiger partial charge in [-0.15, -0.1) is 0 Å². The highest BCUT2D eigenvalue weighted by molar-refractivity contribution is 6.35. The van der Waals surface area contributed by atoms with Crippen molar-refractivity contribution in [3.63, 3.8) is 0 Å². The van der Waals surface area contributed by atoms with Gasteiger partial charge in [-0.2, -0.15) is 0 Å². The van der Waals surface area contributed by atoms with E-state index in [0.717, 1.165) is 43.6 Å². The molecule has 1 aliphatic rings. The highest BCUT2D eigenvalue weighted by Crippen LogP contribution is 2.28. The molecule has 1 aliphatic heterocycles. The molecule has 0 saturated heterocycles. The van der Waals surface area contributed by atoms with E-state index < -0.39 is 11.8 Å². The topological polar surface area (TPSA) is 64.7 Å². The normalized spacial score (nSPS) is 13.9. The van der Waals surface area contributed by atoms with Crippen molar-refractivity contribution in [2.75, 3.05) is 38.6 Å².